The van der Waals surface area contributed by atoms with Crippen LogP contribution in [0.4, 0.5) is 4.39 Å². The van der Waals surface area contributed by atoms with E-state index in [4.69, 9.17) is 0 Å². The van der Waals surface area contributed by atoms with Gasteiger partial charge in [0.05, 0.1) is 0 Å². The van der Waals surface area contributed by atoms with Gasteiger partial charge in [0.1, 0.15) is 5.82 Å². The largest absolute Gasteiger partial charge is 0.207 e. The molecule has 0 amide bonds. The van der Waals surface area contributed by atoms with Crippen LogP contribution in [0.2, 0.25) is 0 Å². The highest BCUT2D eigenvalue weighted by Crippen LogP contribution is 2.31. The quantitative estimate of drug-likeness (QED) is 0.259. The Hall–Kier alpha value is -0.220. The molecule has 0 unspecified atom stereocenters. The lowest BCUT2D eigenvalue weighted by atomic mass is 10.00. The summed E-state index contributed by atoms with van der Waals surface area (Å²) in [5.41, 5.74) is 5.92. The van der Waals surface area contributed by atoms with Gasteiger partial charge in [0.2, 0.25) is 0 Å². The Balaban J connectivity index is 1.99. The van der Waals surface area contributed by atoms with E-state index in [0.717, 1.165) is 14.7 Å². The highest BCUT2D eigenvalue weighted by molar-refractivity contribution is 14.1. The van der Waals surface area contributed by atoms with Crippen molar-refractivity contribution in [1.82, 2.24) is 0 Å². The van der Waals surface area contributed by atoms with Gasteiger partial charge in [-0.3, -0.25) is 0 Å². The van der Waals surface area contributed by atoms with E-state index in [0.29, 0.717) is 0 Å². The number of hydrogen-bond donors (Lipinski definition) is 0. The van der Waals surface area contributed by atoms with Crippen molar-refractivity contribution in [2.45, 2.75) is 6.92 Å². The number of halogens is 4. The second-order valence-corrected chi connectivity index (χ2v) is 8.75. The Bertz CT molecular complexity index is 847. The highest BCUT2D eigenvalue weighted by atomic mass is 127. The second-order valence-electron chi connectivity index (χ2n) is 5.27. The lowest BCUT2D eigenvalue weighted by molar-refractivity contribution is 0.627. The first-order chi connectivity index (χ1) is 11.0. The maximum atomic E-state index is 13.3. The van der Waals surface area contributed by atoms with Gasteiger partial charge in [-0.05, 0) is 127 Å². The Morgan fingerprint density at radius 1 is 0.652 bits per heavy atom. The molecule has 0 saturated carbocycles. The first-order valence-electron chi connectivity index (χ1n) is 6.97. The van der Waals surface area contributed by atoms with Crippen LogP contribution in [0.25, 0.3) is 22.3 Å². The molecule has 0 atom stereocenters. The fourth-order valence-electron chi connectivity index (χ4n) is 2.38. The van der Waals surface area contributed by atoms with Crippen LogP contribution >= 0.6 is 67.8 Å². The minimum atomic E-state index is -0.196. The predicted molar refractivity (Wildman–Crippen MR) is 120 cm³/mol. The Kier molecular flexibility index (Phi) is 5.62. The van der Waals surface area contributed by atoms with E-state index >= 15 is 0 Å². The van der Waals surface area contributed by atoms with E-state index in [1.54, 1.807) is 6.07 Å². The molecule has 0 aliphatic heterocycles. The third kappa shape index (κ3) is 3.89. The Morgan fingerprint density at radius 3 is 1.78 bits per heavy atom. The van der Waals surface area contributed by atoms with Crippen molar-refractivity contribution in [2.75, 3.05) is 0 Å². The molecule has 0 N–H and O–H groups in total. The molecule has 0 spiro atoms. The van der Waals surface area contributed by atoms with Gasteiger partial charge >= 0.3 is 0 Å². The summed E-state index contributed by atoms with van der Waals surface area (Å²) in [6.45, 7) is 2.15. The first kappa shape index (κ1) is 17.6. The molecule has 0 aliphatic rings. The minimum Gasteiger partial charge on any atom is -0.207 e. The van der Waals surface area contributed by atoms with Crippen molar-refractivity contribution in [3.05, 3.63) is 76.7 Å². The topological polar surface area (TPSA) is 0 Å². The van der Waals surface area contributed by atoms with Crippen molar-refractivity contribution in [1.29, 1.82) is 0 Å². The van der Waals surface area contributed by atoms with Gasteiger partial charge in [-0.2, -0.15) is 0 Å². The lowest BCUT2D eigenvalue weighted by Crippen LogP contribution is -1.89. The summed E-state index contributed by atoms with van der Waals surface area (Å²) < 4.78 is 16.7. The van der Waals surface area contributed by atoms with Crippen LogP contribution in [0.5, 0.6) is 0 Å². The van der Waals surface area contributed by atoms with Gasteiger partial charge in [-0.15, -0.1) is 0 Å². The van der Waals surface area contributed by atoms with E-state index in [2.05, 4.69) is 111 Å². The molecule has 116 valence electrons. The average molecular weight is 640 g/mol. The van der Waals surface area contributed by atoms with E-state index < -0.39 is 0 Å². The van der Waals surface area contributed by atoms with Crippen molar-refractivity contribution in [3.63, 3.8) is 0 Å². The van der Waals surface area contributed by atoms with Gasteiger partial charge in [0.15, 0.2) is 0 Å². The van der Waals surface area contributed by atoms with Crippen molar-refractivity contribution >= 4 is 67.8 Å². The number of rotatable bonds is 2. The standard InChI is InChI=1S/C19H12FI3/c1-11-17(21)8-14(9-18(11)22)12-2-4-13(5-3-12)16-7-6-15(20)10-19(16)23/h2-10H,1H3. The lowest BCUT2D eigenvalue weighted by Gasteiger charge is -2.09. The molecule has 0 aliphatic carbocycles. The van der Waals surface area contributed by atoms with Crippen molar-refractivity contribution < 1.29 is 4.39 Å². The average Bonchev–Trinajstić information content (AvgIpc) is 2.52. The summed E-state index contributed by atoms with van der Waals surface area (Å²) >= 11 is 6.95. The Morgan fingerprint density at radius 2 is 1.22 bits per heavy atom. The van der Waals surface area contributed by atoms with Crippen molar-refractivity contribution in [3.8, 4) is 22.3 Å². The molecular formula is C19H12FI3. The Labute approximate surface area is 176 Å². The zero-order valence-electron chi connectivity index (χ0n) is 12.2. The van der Waals surface area contributed by atoms with Gasteiger partial charge in [0, 0.05) is 10.7 Å². The zero-order valence-corrected chi connectivity index (χ0v) is 18.7. The summed E-state index contributed by atoms with van der Waals surface area (Å²) in [6, 6.07) is 17.8. The maximum absolute atomic E-state index is 13.3. The highest BCUT2D eigenvalue weighted by Gasteiger charge is 2.07. The predicted octanol–water partition coefficient (Wildman–Crippen LogP) is 7.28. The molecule has 0 radical (unpaired) electrons. The molecule has 3 rings (SSSR count). The molecule has 0 fully saturated rings. The summed E-state index contributed by atoms with van der Waals surface area (Å²) in [7, 11) is 0. The molecule has 4 heteroatoms. The summed E-state index contributed by atoms with van der Waals surface area (Å²) in [6.07, 6.45) is 0. The summed E-state index contributed by atoms with van der Waals surface area (Å²) in [5, 5.41) is 0. The monoisotopic (exact) mass is 640 g/mol. The van der Waals surface area contributed by atoms with Crippen LogP contribution < -0.4 is 0 Å². The van der Waals surface area contributed by atoms with E-state index in [1.807, 2.05) is 6.07 Å². The fraction of sp³-hybridized carbons (Fsp3) is 0.0526. The van der Waals surface area contributed by atoms with E-state index in [-0.39, 0.29) is 5.82 Å². The van der Waals surface area contributed by atoms with Crippen LogP contribution in [-0.4, -0.2) is 0 Å². The van der Waals surface area contributed by atoms with E-state index in [1.165, 1.54) is 29.9 Å². The number of benzene rings is 3. The van der Waals surface area contributed by atoms with E-state index in [9.17, 15) is 4.39 Å². The molecule has 23 heavy (non-hydrogen) atoms. The van der Waals surface area contributed by atoms with Gasteiger partial charge < -0.3 is 0 Å². The molecule has 0 bridgehead atoms. The zero-order chi connectivity index (χ0) is 16.6. The summed E-state index contributed by atoms with van der Waals surface area (Å²) in [5.74, 6) is -0.196. The van der Waals surface area contributed by atoms with Crippen LogP contribution in [0.1, 0.15) is 5.56 Å². The molecule has 3 aromatic rings. The molecule has 0 aromatic heterocycles. The normalized spacial score (nSPS) is 10.8. The molecule has 0 saturated heterocycles. The van der Waals surface area contributed by atoms with Crippen LogP contribution in [-0.2, 0) is 0 Å². The van der Waals surface area contributed by atoms with Crippen molar-refractivity contribution in [2.24, 2.45) is 0 Å². The van der Waals surface area contributed by atoms with Gasteiger partial charge in [0.25, 0.3) is 0 Å². The van der Waals surface area contributed by atoms with Crippen LogP contribution in [0.15, 0.2) is 54.6 Å². The third-order valence-electron chi connectivity index (χ3n) is 3.74. The fourth-order valence-corrected chi connectivity index (χ4v) is 4.93. The maximum Gasteiger partial charge on any atom is 0.124 e. The van der Waals surface area contributed by atoms with Crippen LogP contribution in [0, 0.1) is 23.5 Å². The molecule has 0 heterocycles. The smallest absolute Gasteiger partial charge is 0.124 e. The van der Waals surface area contributed by atoms with Gasteiger partial charge in [-0.1, -0.05) is 30.3 Å². The van der Waals surface area contributed by atoms with Gasteiger partial charge in [-0.25, -0.2) is 4.39 Å². The molecule has 3 aromatic carbocycles. The first-order valence-corrected chi connectivity index (χ1v) is 10.2. The second kappa shape index (κ2) is 7.35. The summed E-state index contributed by atoms with van der Waals surface area (Å²) in [4.78, 5) is 0. The van der Waals surface area contributed by atoms with Crippen LogP contribution in [0.3, 0.4) is 0 Å². The number of hydrogen-bond acceptors (Lipinski definition) is 0. The third-order valence-corrected chi connectivity index (χ3v) is 6.87. The minimum absolute atomic E-state index is 0.196. The molecule has 0 nitrogen and oxygen atoms in total. The SMILES string of the molecule is Cc1c(I)cc(-c2ccc(-c3ccc(F)cc3I)cc2)cc1I. The molecular weight excluding hydrogens is 628 g/mol.